The smallest absolute Gasteiger partial charge is 0.133 e. The first-order valence-electron chi connectivity index (χ1n) is 7.72. The predicted octanol–water partition coefficient (Wildman–Crippen LogP) is 2.87. The van der Waals surface area contributed by atoms with Gasteiger partial charge in [0.2, 0.25) is 0 Å². The average Bonchev–Trinajstić information content (AvgIpc) is 2.97. The molecule has 0 spiro atoms. The monoisotopic (exact) mass is 264 g/mol. The highest BCUT2D eigenvalue weighted by Crippen LogP contribution is 2.31. The quantitative estimate of drug-likeness (QED) is 0.859. The summed E-state index contributed by atoms with van der Waals surface area (Å²) in [5.74, 6) is 3.45. The molecule has 1 aliphatic rings. The van der Waals surface area contributed by atoms with Crippen molar-refractivity contribution in [2.24, 2.45) is 17.6 Å². The van der Waals surface area contributed by atoms with E-state index in [9.17, 15) is 0 Å². The summed E-state index contributed by atoms with van der Waals surface area (Å²) in [7, 11) is 0. The van der Waals surface area contributed by atoms with E-state index in [4.69, 9.17) is 5.73 Å². The second kappa shape index (κ2) is 6.51. The molecule has 1 aromatic rings. The number of rotatable bonds is 6. The standard InChI is InChI=1S/C15H28N4/c1-11(2)8-13(10-16)9-15-18-17-12(3)19(15)14-6-4-5-7-14/h11,13-14H,4-10,16H2,1-3H3/t13-/m0/s1. The first kappa shape index (κ1) is 14.5. The van der Waals surface area contributed by atoms with Gasteiger partial charge in [0.15, 0.2) is 0 Å². The second-order valence-corrected chi connectivity index (χ2v) is 6.41. The Hall–Kier alpha value is -0.900. The summed E-state index contributed by atoms with van der Waals surface area (Å²) in [4.78, 5) is 0. The highest BCUT2D eigenvalue weighted by Gasteiger charge is 2.23. The van der Waals surface area contributed by atoms with Gasteiger partial charge in [-0.1, -0.05) is 26.7 Å². The number of hydrogen-bond donors (Lipinski definition) is 1. The second-order valence-electron chi connectivity index (χ2n) is 6.41. The van der Waals surface area contributed by atoms with Gasteiger partial charge < -0.3 is 10.3 Å². The van der Waals surface area contributed by atoms with Crippen LogP contribution in [0.1, 0.15) is 63.6 Å². The Morgan fingerprint density at radius 2 is 1.95 bits per heavy atom. The van der Waals surface area contributed by atoms with E-state index in [0.717, 1.165) is 24.6 Å². The molecule has 4 nitrogen and oxygen atoms in total. The van der Waals surface area contributed by atoms with E-state index in [2.05, 4.69) is 35.5 Å². The zero-order chi connectivity index (χ0) is 13.8. The zero-order valence-corrected chi connectivity index (χ0v) is 12.6. The van der Waals surface area contributed by atoms with Crippen LogP contribution < -0.4 is 5.73 Å². The molecule has 1 aliphatic carbocycles. The molecule has 1 atom stereocenters. The van der Waals surface area contributed by atoms with Crippen LogP contribution in [0.5, 0.6) is 0 Å². The maximum atomic E-state index is 5.92. The molecule has 2 rings (SSSR count). The number of nitrogens with zero attached hydrogens (tertiary/aromatic N) is 3. The summed E-state index contributed by atoms with van der Waals surface area (Å²) in [6.07, 6.45) is 7.40. The fourth-order valence-corrected chi connectivity index (χ4v) is 3.38. The first-order chi connectivity index (χ1) is 9.11. The molecule has 0 bridgehead atoms. The van der Waals surface area contributed by atoms with Crippen molar-refractivity contribution in [1.82, 2.24) is 14.8 Å². The zero-order valence-electron chi connectivity index (χ0n) is 12.6. The third-order valence-corrected chi connectivity index (χ3v) is 4.24. The van der Waals surface area contributed by atoms with Crippen molar-refractivity contribution >= 4 is 0 Å². The lowest BCUT2D eigenvalue weighted by Crippen LogP contribution is -2.22. The van der Waals surface area contributed by atoms with Crippen LogP contribution in [0, 0.1) is 18.8 Å². The Labute approximate surface area is 116 Å². The fourth-order valence-electron chi connectivity index (χ4n) is 3.38. The Bertz CT molecular complexity index is 391. The molecule has 0 saturated heterocycles. The van der Waals surface area contributed by atoms with Gasteiger partial charge in [-0.05, 0) is 44.6 Å². The van der Waals surface area contributed by atoms with Crippen molar-refractivity contribution in [2.75, 3.05) is 6.54 Å². The topological polar surface area (TPSA) is 56.7 Å². The van der Waals surface area contributed by atoms with Crippen molar-refractivity contribution in [3.8, 4) is 0 Å². The van der Waals surface area contributed by atoms with Gasteiger partial charge in [-0.25, -0.2) is 0 Å². The Balaban J connectivity index is 2.11. The number of aromatic nitrogens is 3. The lowest BCUT2D eigenvalue weighted by molar-refractivity contribution is 0.391. The van der Waals surface area contributed by atoms with Crippen LogP contribution in [0.15, 0.2) is 0 Å². The van der Waals surface area contributed by atoms with E-state index in [-0.39, 0.29) is 0 Å². The molecule has 2 N–H and O–H groups in total. The van der Waals surface area contributed by atoms with Crippen molar-refractivity contribution in [3.05, 3.63) is 11.6 Å². The normalized spacial score (nSPS) is 18.4. The molecule has 108 valence electrons. The molecular formula is C15H28N4. The van der Waals surface area contributed by atoms with Crippen molar-refractivity contribution < 1.29 is 0 Å². The van der Waals surface area contributed by atoms with Crippen LogP contribution in [0.4, 0.5) is 0 Å². The number of nitrogens with two attached hydrogens (primary N) is 1. The minimum Gasteiger partial charge on any atom is -0.330 e. The number of hydrogen-bond acceptors (Lipinski definition) is 3. The Morgan fingerprint density at radius 1 is 1.26 bits per heavy atom. The summed E-state index contributed by atoms with van der Waals surface area (Å²) < 4.78 is 2.38. The van der Waals surface area contributed by atoms with E-state index in [0.29, 0.717) is 17.9 Å². The molecule has 0 amide bonds. The summed E-state index contributed by atoms with van der Waals surface area (Å²) in [6, 6.07) is 0.627. The molecule has 4 heteroatoms. The van der Waals surface area contributed by atoms with E-state index < -0.39 is 0 Å². The van der Waals surface area contributed by atoms with Gasteiger partial charge in [0.05, 0.1) is 0 Å². The highest BCUT2D eigenvalue weighted by atomic mass is 15.3. The predicted molar refractivity (Wildman–Crippen MR) is 78.0 cm³/mol. The van der Waals surface area contributed by atoms with Gasteiger partial charge in [0.25, 0.3) is 0 Å². The lowest BCUT2D eigenvalue weighted by atomic mass is 9.94. The van der Waals surface area contributed by atoms with Gasteiger partial charge in [0.1, 0.15) is 11.6 Å². The number of aryl methyl sites for hydroxylation is 1. The molecule has 0 aromatic carbocycles. The molecule has 1 aromatic heterocycles. The summed E-state index contributed by atoms with van der Waals surface area (Å²) in [5, 5.41) is 8.71. The molecule has 1 fully saturated rings. The van der Waals surface area contributed by atoms with E-state index in [1.807, 2.05) is 0 Å². The maximum absolute atomic E-state index is 5.92. The highest BCUT2D eigenvalue weighted by molar-refractivity contribution is 5.00. The van der Waals surface area contributed by atoms with Crippen LogP contribution in [-0.4, -0.2) is 21.3 Å². The van der Waals surface area contributed by atoms with Crippen LogP contribution in [0.2, 0.25) is 0 Å². The van der Waals surface area contributed by atoms with Crippen LogP contribution >= 0.6 is 0 Å². The van der Waals surface area contributed by atoms with Crippen LogP contribution in [-0.2, 0) is 6.42 Å². The van der Waals surface area contributed by atoms with Crippen LogP contribution in [0.3, 0.4) is 0 Å². The lowest BCUT2D eigenvalue weighted by Gasteiger charge is -2.20. The first-order valence-corrected chi connectivity index (χ1v) is 7.72. The molecule has 1 saturated carbocycles. The van der Waals surface area contributed by atoms with Gasteiger partial charge in [0, 0.05) is 12.5 Å². The Morgan fingerprint density at radius 3 is 2.53 bits per heavy atom. The molecule has 0 unspecified atom stereocenters. The van der Waals surface area contributed by atoms with E-state index in [1.165, 1.54) is 32.1 Å². The molecular weight excluding hydrogens is 236 g/mol. The molecule has 19 heavy (non-hydrogen) atoms. The maximum Gasteiger partial charge on any atom is 0.133 e. The fraction of sp³-hybridized carbons (Fsp3) is 0.867. The van der Waals surface area contributed by atoms with Crippen molar-refractivity contribution in [3.63, 3.8) is 0 Å². The third-order valence-electron chi connectivity index (χ3n) is 4.24. The molecule has 0 aliphatic heterocycles. The summed E-state index contributed by atoms with van der Waals surface area (Å²) in [5.41, 5.74) is 5.92. The molecule has 1 heterocycles. The molecule has 0 radical (unpaired) electrons. The SMILES string of the molecule is Cc1nnc(C[C@@H](CN)CC(C)C)n1C1CCCC1. The van der Waals surface area contributed by atoms with Gasteiger partial charge in [-0.3, -0.25) is 0 Å². The minimum atomic E-state index is 0.531. The van der Waals surface area contributed by atoms with Crippen molar-refractivity contribution in [2.45, 2.75) is 65.3 Å². The minimum absolute atomic E-state index is 0.531. The van der Waals surface area contributed by atoms with E-state index in [1.54, 1.807) is 0 Å². The third kappa shape index (κ3) is 3.56. The van der Waals surface area contributed by atoms with E-state index >= 15 is 0 Å². The van der Waals surface area contributed by atoms with Gasteiger partial charge in [-0.2, -0.15) is 0 Å². The van der Waals surface area contributed by atoms with Crippen molar-refractivity contribution in [1.29, 1.82) is 0 Å². The summed E-state index contributed by atoms with van der Waals surface area (Å²) in [6.45, 7) is 7.34. The largest absolute Gasteiger partial charge is 0.330 e. The van der Waals surface area contributed by atoms with Gasteiger partial charge in [-0.15, -0.1) is 10.2 Å². The average molecular weight is 264 g/mol. The van der Waals surface area contributed by atoms with Crippen LogP contribution in [0.25, 0.3) is 0 Å². The van der Waals surface area contributed by atoms with Gasteiger partial charge >= 0.3 is 0 Å². The Kier molecular flexibility index (Phi) is 4.97. The summed E-state index contributed by atoms with van der Waals surface area (Å²) >= 11 is 0.